The van der Waals surface area contributed by atoms with E-state index in [1.807, 2.05) is 0 Å². The molecule has 1 unspecified atom stereocenters. The molecule has 0 bridgehead atoms. The lowest BCUT2D eigenvalue weighted by molar-refractivity contribution is -0.159. The molecule has 0 saturated heterocycles. The van der Waals surface area contributed by atoms with Gasteiger partial charge in [-0.1, -0.05) is 0 Å². The van der Waals surface area contributed by atoms with E-state index < -0.39 is 26.2 Å². The van der Waals surface area contributed by atoms with E-state index in [1.54, 1.807) is 13.8 Å². The zero-order chi connectivity index (χ0) is 13.9. The van der Waals surface area contributed by atoms with E-state index in [9.17, 15) is 18.3 Å². The molecule has 0 aliphatic rings. The van der Waals surface area contributed by atoms with Crippen molar-refractivity contribution in [3.8, 4) is 0 Å². The fourth-order valence-corrected chi connectivity index (χ4v) is 1.39. The minimum absolute atomic E-state index is 0.0708. The first-order chi connectivity index (χ1) is 7.44. The maximum Gasteiger partial charge on any atom is 0.338 e. The predicted molar refractivity (Wildman–Crippen MR) is 64.4 cm³/mol. The van der Waals surface area contributed by atoms with Gasteiger partial charge >= 0.3 is 5.97 Å². The standard InChI is InChI=1S/C10H21NO5S/c1-9(2,17(5,14)15)6-11-7-10(3,13)8(12)16-4/h11,13H,6-7H2,1-5H3. The molecule has 0 aliphatic heterocycles. The van der Waals surface area contributed by atoms with Crippen LogP contribution in [0.1, 0.15) is 20.8 Å². The average molecular weight is 267 g/mol. The Bertz CT molecular complexity index is 372. The molecule has 0 aromatic heterocycles. The van der Waals surface area contributed by atoms with E-state index in [2.05, 4.69) is 10.1 Å². The molecule has 17 heavy (non-hydrogen) atoms. The first-order valence-corrected chi connectivity index (χ1v) is 7.04. The number of carbonyl (C=O) groups excluding carboxylic acids is 1. The summed E-state index contributed by atoms with van der Waals surface area (Å²) in [7, 11) is -2.03. The minimum Gasteiger partial charge on any atom is -0.467 e. The van der Waals surface area contributed by atoms with Crippen LogP contribution in [0.15, 0.2) is 0 Å². The molecule has 0 radical (unpaired) electrons. The summed E-state index contributed by atoms with van der Waals surface area (Å²) in [6.45, 7) is 4.52. The largest absolute Gasteiger partial charge is 0.467 e. The van der Waals surface area contributed by atoms with Crippen LogP contribution in [0.3, 0.4) is 0 Å². The SMILES string of the molecule is COC(=O)C(C)(O)CNCC(C)(C)S(C)(=O)=O. The molecule has 0 fully saturated rings. The normalized spacial score (nSPS) is 16.4. The van der Waals surface area contributed by atoms with E-state index >= 15 is 0 Å². The number of ether oxygens (including phenoxy) is 1. The van der Waals surface area contributed by atoms with Crippen molar-refractivity contribution < 1.29 is 23.1 Å². The number of carbonyl (C=O) groups is 1. The zero-order valence-corrected chi connectivity index (χ0v) is 11.7. The molecule has 0 spiro atoms. The van der Waals surface area contributed by atoms with Gasteiger partial charge in [0.05, 0.1) is 11.9 Å². The number of rotatable bonds is 6. The smallest absolute Gasteiger partial charge is 0.338 e. The Kier molecular flexibility index (Phi) is 5.12. The number of aliphatic hydroxyl groups is 1. The quantitative estimate of drug-likeness (QED) is 0.620. The van der Waals surface area contributed by atoms with Crippen LogP contribution in [0.4, 0.5) is 0 Å². The lowest BCUT2D eigenvalue weighted by Gasteiger charge is -2.26. The van der Waals surface area contributed by atoms with Gasteiger partial charge in [-0.05, 0) is 20.8 Å². The summed E-state index contributed by atoms with van der Waals surface area (Å²) in [5, 5.41) is 12.5. The molecule has 0 heterocycles. The van der Waals surface area contributed by atoms with Crippen LogP contribution in [0.25, 0.3) is 0 Å². The van der Waals surface area contributed by atoms with Crippen LogP contribution in [0, 0.1) is 0 Å². The van der Waals surface area contributed by atoms with Gasteiger partial charge in [0.2, 0.25) is 0 Å². The third kappa shape index (κ3) is 4.61. The number of nitrogens with one attached hydrogen (secondary N) is 1. The summed E-state index contributed by atoms with van der Waals surface area (Å²) in [6.07, 6.45) is 1.15. The Balaban J connectivity index is 4.40. The summed E-state index contributed by atoms with van der Waals surface area (Å²) >= 11 is 0. The van der Waals surface area contributed by atoms with Gasteiger partial charge in [-0.25, -0.2) is 13.2 Å². The highest BCUT2D eigenvalue weighted by molar-refractivity contribution is 7.92. The molecule has 7 heteroatoms. The van der Waals surface area contributed by atoms with Gasteiger partial charge in [-0.15, -0.1) is 0 Å². The zero-order valence-electron chi connectivity index (χ0n) is 10.9. The van der Waals surface area contributed by atoms with Crippen LogP contribution in [-0.4, -0.2) is 56.3 Å². The topological polar surface area (TPSA) is 92.7 Å². The van der Waals surface area contributed by atoms with Crippen molar-refractivity contribution >= 4 is 15.8 Å². The van der Waals surface area contributed by atoms with Crippen molar-refractivity contribution in [2.45, 2.75) is 31.1 Å². The van der Waals surface area contributed by atoms with Crippen molar-refractivity contribution in [2.24, 2.45) is 0 Å². The first kappa shape index (κ1) is 16.3. The van der Waals surface area contributed by atoms with Crippen molar-refractivity contribution in [3.05, 3.63) is 0 Å². The molecule has 0 aromatic rings. The van der Waals surface area contributed by atoms with Crippen LogP contribution in [0.2, 0.25) is 0 Å². The summed E-state index contributed by atoms with van der Waals surface area (Å²) in [4.78, 5) is 11.2. The number of esters is 1. The Morgan fingerprint density at radius 2 is 1.76 bits per heavy atom. The Morgan fingerprint density at radius 3 is 2.12 bits per heavy atom. The Morgan fingerprint density at radius 1 is 1.29 bits per heavy atom. The van der Waals surface area contributed by atoms with Gasteiger partial charge in [-0.2, -0.15) is 0 Å². The second-order valence-electron chi connectivity index (χ2n) is 4.90. The van der Waals surface area contributed by atoms with Crippen molar-refractivity contribution in [1.29, 1.82) is 0 Å². The molecular formula is C10H21NO5S. The van der Waals surface area contributed by atoms with E-state index in [0.29, 0.717) is 0 Å². The van der Waals surface area contributed by atoms with E-state index in [1.165, 1.54) is 14.0 Å². The molecule has 1 atom stereocenters. The molecule has 0 saturated carbocycles. The van der Waals surface area contributed by atoms with E-state index in [0.717, 1.165) is 6.26 Å². The third-order valence-corrected chi connectivity index (χ3v) is 4.80. The molecule has 2 N–H and O–H groups in total. The monoisotopic (exact) mass is 267 g/mol. The first-order valence-electron chi connectivity index (χ1n) is 5.15. The van der Waals surface area contributed by atoms with Gasteiger partial charge in [0.25, 0.3) is 0 Å². The van der Waals surface area contributed by atoms with Crippen LogP contribution in [0.5, 0.6) is 0 Å². The molecule has 6 nitrogen and oxygen atoms in total. The second-order valence-corrected chi connectivity index (χ2v) is 7.55. The predicted octanol–water partition coefficient (Wildman–Crippen LogP) is -0.677. The van der Waals surface area contributed by atoms with Gasteiger partial charge < -0.3 is 15.2 Å². The summed E-state index contributed by atoms with van der Waals surface area (Å²) in [5.41, 5.74) is -1.66. The lowest BCUT2D eigenvalue weighted by atomic mass is 10.1. The fraction of sp³-hybridized carbons (Fsp3) is 0.900. The van der Waals surface area contributed by atoms with Gasteiger partial charge in [0.1, 0.15) is 0 Å². The average Bonchev–Trinajstić information content (AvgIpc) is 2.13. The van der Waals surface area contributed by atoms with Crippen LogP contribution >= 0.6 is 0 Å². The fourth-order valence-electron chi connectivity index (χ4n) is 1.03. The van der Waals surface area contributed by atoms with Crippen molar-refractivity contribution in [2.75, 3.05) is 26.5 Å². The number of methoxy groups -OCH3 is 1. The Labute approximate surface area is 102 Å². The third-order valence-electron chi connectivity index (χ3n) is 2.65. The number of hydrogen-bond acceptors (Lipinski definition) is 6. The molecule has 0 amide bonds. The lowest BCUT2D eigenvalue weighted by Crippen LogP contribution is -2.50. The second kappa shape index (κ2) is 5.32. The Hall–Kier alpha value is -0.660. The highest BCUT2D eigenvalue weighted by Gasteiger charge is 2.34. The molecule has 102 valence electrons. The molecule has 0 aliphatic carbocycles. The van der Waals surface area contributed by atoms with Gasteiger partial charge in [0.15, 0.2) is 15.4 Å². The van der Waals surface area contributed by atoms with E-state index in [-0.39, 0.29) is 13.1 Å². The number of hydrogen-bond donors (Lipinski definition) is 2. The maximum atomic E-state index is 11.4. The van der Waals surface area contributed by atoms with Crippen molar-refractivity contribution in [1.82, 2.24) is 5.32 Å². The highest BCUT2D eigenvalue weighted by Crippen LogP contribution is 2.14. The summed E-state index contributed by atoms with van der Waals surface area (Å²) in [5.74, 6) is -0.762. The number of sulfone groups is 1. The van der Waals surface area contributed by atoms with Crippen molar-refractivity contribution in [3.63, 3.8) is 0 Å². The molecule has 0 aromatic carbocycles. The molecule has 0 rings (SSSR count). The minimum atomic E-state index is -3.21. The van der Waals surface area contributed by atoms with E-state index in [4.69, 9.17) is 0 Å². The summed E-state index contributed by atoms with van der Waals surface area (Å²) in [6, 6.07) is 0. The van der Waals surface area contributed by atoms with Crippen LogP contribution in [-0.2, 0) is 19.4 Å². The molecular weight excluding hydrogens is 246 g/mol. The highest BCUT2D eigenvalue weighted by atomic mass is 32.2. The maximum absolute atomic E-state index is 11.4. The van der Waals surface area contributed by atoms with Gasteiger partial charge in [0, 0.05) is 19.3 Å². The van der Waals surface area contributed by atoms with Crippen LogP contribution < -0.4 is 5.32 Å². The summed E-state index contributed by atoms with van der Waals surface area (Å²) < 4.78 is 26.3. The van der Waals surface area contributed by atoms with Gasteiger partial charge in [-0.3, -0.25) is 0 Å².